The van der Waals surface area contributed by atoms with Gasteiger partial charge in [-0.05, 0) is 86.1 Å². The third kappa shape index (κ3) is 10.5. The fraction of sp³-hybridized carbons (Fsp3) is 0.400. The number of methoxy groups -OCH3 is 2. The van der Waals surface area contributed by atoms with E-state index < -0.39 is 0 Å². The minimum Gasteiger partial charge on any atom is -1.00 e. The van der Waals surface area contributed by atoms with E-state index in [0.29, 0.717) is 5.92 Å². The summed E-state index contributed by atoms with van der Waals surface area (Å²) in [5, 5.41) is 5.02. The Balaban J connectivity index is 0.000000321. The van der Waals surface area contributed by atoms with E-state index in [9.17, 15) is 0 Å². The molecule has 2 aliphatic carbocycles. The maximum absolute atomic E-state index is 5.61. The molecule has 0 aliphatic heterocycles. The van der Waals surface area contributed by atoms with Gasteiger partial charge in [0.25, 0.3) is 0 Å². The zero-order valence-electron chi connectivity index (χ0n) is 23.4. The average molecular weight is 681 g/mol. The molecule has 0 spiro atoms. The van der Waals surface area contributed by atoms with Gasteiger partial charge < -0.3 is 32.9 Å². The molecular weight excluding hydrogens is 636 g/mol. The van der Waals surface area contributed by atoms with Crippen LogP contribution in [0.2, 0.25) is 0 Å². The summed E-state index contributed by atoms with van der Waals surface area (Å²) >= 11 is 3.45. The smallest absolute Gasteiger partial charge is 1.00 e. The molecule has 6 rings (SSSR count). The van der Waals surface area contributed by atoms with Crippen molar-refractivity contribution in [3.63, 3.8) is 0 Å². The van der Waals surface area contributed by atoms with Crippen LogP contribution >= 0.6 is 15.9 Å². The zero-order valence-corrected chi connectivity index (χ0v) is 28.0. The molecule has 0 unspecified atom stereocenters. The second kappa shape index (κ2) is 19.8. The predicted molar refractivity (Wildman–Crippen MR) is 174 cm³/mol. The van der Waals surface area contributed by atoms with Gasteiger partial charge in [-0.1, -0.05) is 94.5 Å². The molecular formula is C35H44Br2MgO2. The molecule has 0 heterocycles. The molecule has 0 bridgehead atoms. The molecule has 4 aromatic carbocycles. The van der Waals surface area contributed by atoms with Crippen LogP contribution in [0.25, 0.3) is 21.5 Å². The van der Waals surface area contributed by atoms with Crippen molar-refractivity contribution in [2.45, 2.75) is 77.6 Å². The minimum atomic E-state index is 0. The summed E-state index contributed by atoms with van der Waals surface area (Å²) < 4.78 is 11.8. The summed E-state index contributed by atoms with van der Waals surface area (Å²) in [5.74, 6) is 2.64. The Labute approximate surface area is 277 Å². The van der Waals surface area contributed by atoms with Crippen molar-refractivity contribution < 1.29 is 26.5 Å². The Morgan fingerprint density at radius 3 is 1.55 bits per heavy atom. The monoisotopic (exact) mass is 678 g/mol. The van der Waals surface area contributed by atoms with Crippen molar-refractivity contribution in [3.8, 4) is 11.5 Å². The molecule has 0 radical (unpaired) electrons. The van der Waals surface area contributed by atoms with Crippen LogP contribution in [0.1, 0.15) is 83.1 Å². The first-order valence-electron chi connectivity index (χ1n) is 13.8. The molecule has 2 aliphatic rings. The van der Waals surface area contributed by atoms with Crippen LogP contribution < -0.4 is 26.5 Å². The fourth-order valence-electron chi connectivity index (χ4n) is 5.39. The molecule has 2 nitrogen and oxygen atoms in total. The quantitative estimate of drug-likeness (QED) is 0.162. The van der Waals surface area contributed by atoms with E-state index in [1.54, 1.807) is 14.2 Å². The predicted octanol–water partition coefficient (Wildman–Crippen LogP) is 7.92. The molecule has 212 valence electrons. The Kier molecular flexibility index (Phi) is 18.2. The van der Waals surface area contributed by atoms with Crippen molar-refractivity contribution in [1.29, 1.82) is 0 Å². The summed E-state index contributed by atoms with van der Waals surface area (Å²) in [5.41, 5.74) is 1.41. The van der Waals surface area contributed by atoms with E-state index in [-0.39, 0.29) is 47.5 Å². The first-order chi connectivity index (χ1) is 18.2. The van der Waals surface area contributed by atoms with Gasteiger partial charge in [-0.2, -0.15) is 12.8 Å². The van der Waals surface area contributed by atoms with Crippen LogP contribution in [-0.4, -0.2) is 37.3 Å². The molecule has 0 N–H and O–H groups in total. The van der Waals surface area contributed by atoms with Crippen LogP contribution in [-0.2, 0) is 0 Å². The molecule has 2 saturated carbocycles. The van der Waals surface area contributed by atoms with E-state index in [1.807, 2.05) is 18.2 Å². The average Bonchev–Trinajstić information content (AvgIpc) is 2.98. The van der Waals surface area contributed by atoms with Crippen LogP contribution in [0, 0.1) is 6.42 Å². The van der Waals surface area contributed by atoms with Gasteiger partial charge in [0.05, 0.1) is 18.7 Å². The fourth-order valence-corrected chi connectivity index (χ4v) is 5.92. The normalized spacial score (nSPS) is 14.6. The standard InChI is InChI=1S/C17H20O.C11H9BrO.C6H11.CH4.BrH.Mg/c1-18-17-12-15-10-6-5-9-14(15)11-16(17)13-7-3-2-4-8-13;1-13-11-7-9-5-3-2-4-8(9)6-10(11)12;1-2-4-6-5-3-1;;;/h5-6,9-13H,2-4,7-8H2,1H3;2-7H,1H3;1H,2-6H2;1H4;1H;/q;;-1;;;+2/p-1. The van der Waals surface area contributed by atoms with E-state index in [0.717, 1.165) is 16.0 Å². The largest absolute Gasteiger partial charge is 2.00 e. The van der Waals surface area contributed by atoms with Gasteiger partial charge in [0.2, 0.25) is 0 Å². The Morgan fingerprint density at radius 1 is 0.650 bits per heavy atom. The summed E-state index contributed by atoms with van der Waals surface area (Å²) in [6.45, 7) is 0. The number of ether oxygens (including phenoxy) is 2. The number of benzene rings is 4. The second-order valence-electron chi connectivity index (χ2n) is 10.0. The van der Waals surface area contributed by atoms with E-state index in [2.05, 4.69) is 76.9 Å². The van der Waals surface area contributed by atoms with Crippen molar-refractivity contribution in [3.05, 3.63) is 89.3 Å². The van der Waals surface area contributed by atoms with Gasteiger partial charge >= 0.3 is 23.1 Å². The Hall–Kier alpha value is -1.27. The van der Waals surface area contributed by atoms with Crippen LogP contribution in [0.5, 0.6) is 11.5 Å². The Morgan fingerprint density at radius 2 is 1.10 bits per heavy atom. The molecule has 0 aromatic heterocycles. The van der Waals surface area contributed by atoms with Crippen LogP contribution in [0.4, 0.5) is 0 Å². The molecule has 0 amide bonds. The van der Waals surface area contributed by atoms with Crippen molar-refractivity contribution in [2.24, 2.45) is 0 Å². The third-order valence-electron chi connectivity index (χ3n) is 7.48. The Bertz CT molecular complexity index is 1260. The van der Waals surface area contributed by atoms with E-state index in [1.165, 1.54) is 91.3 Å². The molecule has 5 heteroatoms. The van der Waals surface area contributed by atoms with Crippen LogP contribution in [0.3, 0.4) is 0 Å². The van der Waals surface area contributed by atoms with Gasteiger partial charge in [0, 0.05) is 0 Å². The summed E-state index contributed by atoms with van der Waals surface area (Å²) in [7, 11) is 3.46. The molecule has 0 atom stereocenters. The maximum Gasteiger partial charge on any atom is 2.00 e. The van der Waals surface area contributed by atoms with Gasteiger partial charge in [0.15, 0.2) is 0 Å². The number of rotatable bonds is 3. The number of fused-ring (bicyclic) bond motifs is 2. The third-order valence-corrected chi connectivity index (χ3v) is 8.10. The zero-order chi connectivity index (χ0) is 25.9. The summed E-state index contributed by atoms with van der Waals surface area (Å²) in [4.78, 5) is 0. The molecule has 0 saturated heterocycles. The number of hydrogen-bond donors (Lipinski definition) is 0. The number of halogens is 2. The first kappa shape index (κ1) is 36.8. The number of hydrogen-bond acceptors (Lipinski definition) is 2. The van der Waals surface area contributed by atoms with Crippen LogP contribution in [0.15, 0.2) is 77.3 Å². The van der Waals surface area contributed by atoms with Gasteiger partial charge in [-0.3, -0.25) is 0 Å². The first-order valence-corrected chi connectivity index (χ1v) is 14.6. The minimum absolute atomic E-state index is 0. The molecule has 40 heavy (non-hydrogen) atoms. The van der Waals surface area contributed by atoms with Crippen molar-refractivity contribution >= 4 is 60.5 Å². The van der Waals surface area contributed by atoms with E-state index >= 15 is 0 Å². The van der Waals surface area contributed by atoms with Gasteiger partial charge in [0.1, 0.15) is 11.5 Å². The van der Waals surface area contributed by atoms with Crippen molar-refractivity contribution in [1.82, 2.24) is 0 Å². The summed E-state index contributed by atoms with van der Waals surface area (Å²) in [6, 6.07) is 25.4. The van der Waals surface area contributed by atoms with E-state index in [4.69, 9.17) is 9.47 Å². The molecule has 2 fully saturated rings. The van der Waals surface area contributed by atoms with Crippen molar-refractivity contribution in [2.75, 3.05) is 14.2 Å². The maximum atomic E-state index is 5.61. The second-order valence-corrected chi connectivity index (χ2v) is 10.9. The topological polar surface area (TPSA) is 18.5 Å². The van der Waals surface area contributed by atoms with Gasteiger partial charge in [-0.25, -0.2) is 0 Å². The SMILES string of the molecule is C.COc1cc2ccccc2cc1Br.COc1cc2ccccc2cc1C1CCCCC1.[Br-].[CH-]1CCCCC1.[Mg+2]. The molecule has 4 aromatic rings. The van der Waals surface area contributed by atoms with Gasteiger partial charge in [-0.15, -0.1) is 0 Å². The summed E-state index contributed by atoms with van der Waals surface area (Å²) in [6.07, 6.45) is 16.2.